The summed E-state index contributed by atoms with van der Waals surface area (Å²) in [6.45, 7) is 1.78. The molecular formula is C9H12N2. The van der Waals surface area contributed by atoms with Gasteiger partial charge in [0.15, 0.2) is 0 Å². The molecule has 1 aliphatic carbocycles. The van der Waals surface area contributed by atoms with E-state index in [0.717, 1.165) is 24.8 Å². The lowest BCUT2D eigenvalue weighted by atomic mass is 10.1. The smallest absolute Gasteiger partial charge is 0.101 e. The number of allylic oxidation sites excluding steroid dienone is 4. The molecule has 0 atom stereocenters. The van der Waals surface area contributed by atoms with Crippen molar-refractivity contribution in [2.45, 2.75) is 26.2 Å². The highest BCUT2D eigenvalue weighted by Crippen LogP contribution is 2.24. The number of hydrogen-bond donors (Lipinski definition) is 1. The van der Waals surface area contributed by atoms with Crippen molar-refractivity contribution < 1.29 is 0 Å². The predicted octanol–water partition coefficient (Wildman–Crippen LogP) is 1.85. The largest absolute Gasteiger partial charge is 0.401 e. The Bertz CT molecular complexity index is 249. The van der Waals surface area contributed by atoms with Crippen LogP contribution < -0.4 is 5.73 Å². The van der Waals surface area contributed by atoms with Gasteiger partial charge < -0.3 is 5.73 Å². The molecule has 0 aromatic carbocycles. The van der Waals surface area contributed by atoms with E-state index in [1.54, 1.807) is 6.92 Å². The second kappa shape index (κ2) is 3.25. The van der Waals surface area contributed by atoms with E-state index in [2.05, 4.69) is 12.1 Å². The van der Waals surface area contributed by atoms with Crippen LogP contribution in [0.5, 0.6) is 0 Å². The van der Waals surface area contributed by atoms with Crippen molar-refractivity contribution in [1.29, 1.82) is 5.26 Å². The molecule has 1 rings (SSSR count). The molecule has 0 fully saturated rings. The third kappa shape index (κ3) is 1.62. The van der Waals surface area contributed by atoms with E-state index in [1.165, 1.54) is 0 Å². The molecule has 0 radical (unpaired) electrons. The molecule has 0 heterocycles. The van der Waals surface area contributed by atoms with Gasteiger partial charge >= 0.3 is 0 Å². The Morgan fingerprint density at radius 3 is 2.82 bits per heavy atom. The first-order valence-corrected chi connectivity index (χ1v) is 3.81. The first kappa shape index (κ1) is 7.87. The predicted molar refractivity (Wildman–Crippen MR) is 44.4 cm³/mol. The molecule has 0 spiro atoms. The summed E-state index contributed by atoms with van der Waals surface area (Å²) in [5.74, 6) is 0. The molecule has 0 amide bonds. The molecule has 0 unspecified atom stereocenters. The SMILES string of the molecule is C/C(N)=C(\C#N)C1=CCCC1. The molecule has 0 aromatic rings. The first-order chi connectivity index (χ1) is 5.25. The fourth-order valence-electron chi connectivity index (χ4n) is 1.31. The Morgan fingerprint density at radius 2 is 2.45 bits per heavy atom. The van der Waals surface area contributed by atoms with Gasteiger partial charge in [0.25, 0.3) is 0 Å². The van der Waals surface area contributed by atoms with Crippen LogP contribution in [0.2, 0.25) is 0 Å². The van der Waals surface area contributed by atoms with Gasteiger partial charge in [0.05, 0.1) is 5.57 Å². The topological polar surface area (TPSA) is 49.8 Å². The van der Waals surface area contributed by atoms with Crippen molar-refractivity contribution in [2.75, 3.05) is 0 Å². The number of rotatable bonds is 1. The van der Waals surface area contributed by atoms with Crippen molar-refractivity contribution in [1.82, 2.24) is 0 Å². The summed E-state index contributed by atoms with van der Waals surface area (Å²) in [5, 5.41) is 8.73. The van der Waals surface area contributed by atoms with Crippen LogP contribution in [0.15, 0.2) is 22.9 Å². The van der Waals surface area contributed by atoms with Gasteiger partial charge in [-0.15, -0.1) is 0 Å². The summed E-state index contributed by atoms with van der Waals surface area (Å²) < 4.78 is 0. The highest BCUT2D eigenvalue weighted by Gasteiger charge is 2.10. The molecule has 2 N–H and O–H groups in total. The van der Waals surface area contributed by atoms with Crippen LogP contribution in [-0.4, -0.2) is 0 Å². The summed E-state index contributed by atoms with van der Waals surface area (Å²) in [4.78, 5) is 0. The third-order valence-corrected chi connectivity index (χ3v) is 1.87. The Labute approximate surface area is 67.0 Å². The maximum Gasteiger partial charge on any atom is 0.101 e. The Kier molecular flexibility index (Phi) is 2.32. The Morgan fingerprint density at radius 1 is 1.73 bits per heavy atom. The van der Waals surface area contributed by atoms with Crippen molar-refractivity contribution >= 4 is 0 Å². The third-order valence-electron chi connectivity index (χ3n) is 1.87. The van der Waals surface area contributed by atoms with Gasteiger partial charge in [0, 0.05) is 5.70 Å². The standard InChI is InChI=1S/C9H12N2/c1-7(11)9(6-10)8-4-2-3-5-8/h4H,2-3,5,11H2,1H3/b9-7-. The van der Waals surface area contributed by atoms with Crippen LogP contribution in [0.4, 0.5) is 0 Å². The average molecular weight is 148 g/mol. The molecule has 2 heteroatoms. The lowest BCUT2D eigenvalue weighted by Crippen LogP contribution is -1.98. The van der Waals surface area contributed by atoms with Gasteiger partial charge in [-0.1, -0.05) is 6.08 Å². The average Bonchev–Trinajstić information content (AvgIpc) is 2.40. The van der Waals surface area contributed by atoms with Gasteiger partial charge in [-0.25, -0.2) is 0 Å². The molecule has 0 aliphatic heterocycles. The van der Waals surface area contributed by atoms with Gasteiger partial charge in [-0.3, -0.25) is 0 Å². The second-order valence-electron chi connectivity index (χ2n) is 2.79. The molecule has 1 aliphatic rings. The van der Waals surface area contributed by atoms with Crippen LogP contribution in [0.3, 0.4) is 0 Å². The molecule has 0 bridgehead atoms. The van der Waals surface area contributed by atoms with Gasteiger partial charge in [-0.05, 0) is 31.8 Å². The van der Waals surface area contributed by atoms with E-state index < -0.39 is 0 Å². The molecule has 0 saturated carbocycles. The van der Waals surface area contributed by atoms with Crippen molar-refractivity contribution in [2.24, 2.45) is 5.73 Å². The minimum absolute atomic E-state index is 0.639. The molecule has 58 valence electrons. The summed E-state index contributed by atoms with van der Waals surface area (Å²) >= 11 is 0. The van der Waals surface area contributed by atoms with E-state index in [9.17, 15) is 0 Å². The first-order valence-electron chi connectivity index (χ1n) is 3.81. The zero-order valence-corrected chi connectivity index (χ0v) is 6.72. The van der Waals surface area contributed by atoms with Crippen LogP contribution in [0.1, 0.15) is 26.2 Å². The minimum atomic E-state index is 0.639. The normalized spacial score (nSPS) is 18.7. The fourth-order valence-corrected chi connectivity index (χ4v) is 1.31. The van der Waals surface area contributed by atoms with Crippen LogP contribution >= 0.6 is 0 Å². The van der Waals surface area contributed by atoms with Crippen LogP contribution in [0, 0.1) is 11.3 Å². The van der Waals surface area contributed by atoms with Crippen LogP contribution in [-0.2, 0) is 0 Å². The number of nitrogens with two attached hydrogens (primary N) is 1. The molecular weight excluding hydrogens is 136 g/mol. The number of nitrogens with zero attached hydrogens (tertiary/aromatic N) is 1. The maximum atomic E-state index is 8.73. The van der Waals surface area contributed by atoms with Crippen molar-refractivity contribution in [3.05, 3.63) is 22.9 Å². The summed E-state index contributed by atoms with van der Waals surface area (Å²) in [6, 6.07) is 2.13. The summed E-state index contributed by atoms with van der Waals surface area (Å²) in [7, 11) is 0. The second-order valence-corrected chi connectivity index (χ2v) is 2.79. The Hall–Kier alpha value is -1.23. The van der Waals surface area contributed by atoms with E-state index in [4.69, 9.17) is 11.0 Å². The van der Waals surface area contributed by atoms with E-state index in [0.29, 0.717) is 11.3 Å². The monoisotopic (exact) mass is 148 g/mol. The van der Waals surface area contributed by atoms with Gasteiger partial charge in [-0.2, -0.15) is 5.26 Å². The van der Waals surface area contributed by atoms with Crippen molar-refractivity contribution in [3.8, 4) is 6.07 Å². The lowest BCUT2D eigenvalue weighted by molar-refractivity contribution is 0.910. The number of hydrogen-bond acceptors (Lipinski definition) is 2. The van der Waals surface area contributed by atoms with Crippen molar-refractivity contribution in [3.63, 3.8) is 0 Å². The molecule has 0 saturated heterocycles. The quantitative estimate of drug-likeness (QED) is 0.577. The summed E-state index contributed by atoms with van der Waals surface area (Å²) in [6.07, 6.45) is 5.37. The van der Waals surface area contributed by atoms with Gasteiger partial charge in [0.1, 0.15) is 6.07 Å². The molecule has 0 aromatic heterocycles. The Balaban J connectivity index is 2.89. The van der Waals surface area contributed by atoms with Crippen LogP contribution in [0.25, 0.3) is 0 Å². The van der Waals surface area contributed by atoms with E-state index >= 15 is 0 Å². The maximum absolute atomic E-state index is 8.73. The minimum Gasteiger partial charge on any atom is -0.401 e. The highest BCUT2D eigenvalue weighted by molar-refractivity contribution is 5.45. The van der Waals surface area contributed by atoms with Gasteiger partial charge in [0.2, 0.25) is 0 Å². The van der Waals surface area contributed by atoms with E-state index in [1.807, 2.05) is 0 Å². The zero-order chi connectivity index (χ0) is 8.27. The lowest BCUT2D eigenvalue weighted by Gasteiger charge is -2.00. The number of nitriles is 1. The fraction of sp³-hybridized carbons (Fsp3) is 0.444. The molecule has 2 nitrogen and oxygen atoms in total. The summed E-state index contributed by atoms with van der Waals surface area (Å²) in [5.41, 5.74) is 8.00. The van der Waals surface area contributed by atoms with E-state index in [-0.39, 0.29) is 0 Å². The zero-order valence-electron chi connectivity index (χ0n) is 6.72. The highest BCUT2D eigenvalue weighted by atomic mass is 14.6. The molecule has 11 heavy (non-hydrogen) atoms.